The Balaban J connectivity index is 0.00000361. The zero-order valence-corrected chi connectivity index (χ0v) is 19.6. The first-order chi connectivity index (χ1) is 17.0. The van der Waals surface area contributed by atoms with Crippen LogP contribution in [-0.4, -0.2) is 22.6 Å². The van der Waals surface area contributed by atoms with E-state index in [0.717, 1.165) is 18.3 Å². The summed E-state index contributed by atoms with van der Waals surface area (Å²) in [5.74, 6) is -2.48. The van der Waals surface area contributed by atoms with Crippen molar-refractivity contribution in [1.82, 2.24) is 4.98 Å². The van der Waals surface area contributed by atoms with Crippen molar-refractivity contribution in [3.63, 3.8) is 0 Å². The van der Waals surface area contributed by atoms with Crippen LogP contribution in [0.15, 0.2) is 119 Å². The van der Waals surface area contributed by atoms with E-state index in [-0.39, 0.29) is 33.3 Å². The Morgan fingerprint density at radius 1 is 0.806 bits per heavy atom. The second-order valence-electron chi connectivity index (χ2n) is 7.33. The van der Waals surface area contributed by atoms with Crippen LogP contribution in [-0.2, 0) is 21.3 Å². The quantitative estimate of drug-likeness (QED) is 0.161. The molecule has 0 saturated heterocycles. The Kier molecular flexibility index (Phi) is 8.97. The van der Waals surface area contributed by atoms with E-state index in [4.69, 9.17) is 0 Å². The van der Waals surface area contributed by atoms with Crippen LogP contribution in [0, 0.1) is 5.82 Å². The predicted molar refractivity (Wildman–Crippen MR) is 128 cm³/mol. The molecule has 0 aliphatic carbocycles. The summed E-state index contributed by atoms with van der Waals surface area (Å²) < 4.78 is 13.3. The molecule has 0 aliphatic rings. The van der Waals surface area contributed by atoms with E-state index in [1.807, 2.05) is 18.2 Å². The number of nitrogens with zero attached hydrogens (tertiary/aromatic N) is 3. The molecule has 180 valence electrons. The zero-order chi connectivity index (χ0) is 24.6. The van der Waals surface area contributed by atoms with Gasteiger partial charge in [-0.05, 0) is 35.9 Å². The number of hydrogen-bond donors (Lipinski definition) is 0. The number of pyridine rings is 1. The summed E-state index contributed by atoms with van der Waals surface area (Å²) in [6.45, 7) is 0. The van der Waals surface area contributed by atoms with Crippen molar-refractivity contribution in [2.75, 3.05) is 0 Å². The summed E-state index contributed by atoms with van der Waals surface area (Å²) in [6.07, 6.45) is 2.66. The van der Waals surface area contributed by atoms with E-state index < -0.39 is 17.7 Å². The maximum absolute atomic E-state index is 13.3. The Bertz CT molecular complexity index is 1420. The molecule has 8 heteroatoms. The molecule has 4 rings (SSSR count). The number of hydrogen-bond acceptors (Lipinski definition) is 6. The van der Waals surface area contributed by atoms with Crippen LogP contribution in [0.2, 0.25) is 0 Å². The number of para-hydroxylation sites is 1. The van der Waals surface area contributed by atoms with Gasteiger partial charge in [-0.2, -0.15) is 0 Å². The second kappa shape index (κ2) is 12.3. The third kappa shape index (κ3) is 6.37. The van der Waals surface area contributed by atoms with Gasteiger partial charge in [0.05, 0.1) is 23.1 Å². The molecule has 36 heavy (non-hydrogen) atoms. The molecule has 0 N–H and O–H groups in total. The van der Waals surface area contributed by atoms with Crippen LogP contribution in [0.5, 0.6) is 0 Å². The Morgan fingerprint density at radius 3 is 2.14 bits per heavy atom. The van der Waals surface area contributed by atoms with Gasteiger partial charge < -0.3 is 15.0 Å². The number of carboxylic acids is 1. The van der Waals surface area contributed by atoms with Gasteiger partial charge in [-0.15, -0.1) is 0 Å². The van der Waals surface area contributed by atoms with E-state index in [0.29, 0.717) is 22.5 Å². The van der Waals surface area contributed by atoms with Gasteiger partial charge in [0.25, 0.3) is 0 Å². The summed E-state index contributed by atoms with van der Waals surface area (Å²) in [5, 5.41) is 24.5. The molecule has 6 nitrogen and oxygen atoms in total. The van der Waals surface area contributed by atoms with E-state index in [1.54, 1.807) is 54.6 Å². The standard InChI is InChI=1S/C28H20FN3O3.Ni/c29-21-15-13-19(14-16-21)23(28(34)35)18-31-26(20-8-2-1-3-9-20)22-10-4-5-11-24(22)32-27(33)25-12-6-7-17-30-25;/h1-18H,(H,32,33)(H,34,35);/q;+2/p-2/b23-18-,31-26?;. The van der Waals surface area contributed by atoms with Crippen LogP contribution in [0.3, 0.4) is 0 Å². The molecule has 0 fully saturated rings. The predicted octanol–water partition coefficient (Wildman–Crippen LogP) is 3.29. The van der Waals surface area contributed by atoms with Crippen molar-refractivity contribution in [3.8, 4) is 0 Å². The van der Waals surface area contributed by atoms with Crippen LogP contribution in [0.4, 0.5) is 10.1 Å². The molecule has 1 aromatic heterocycles. The van der Waals surface area contributed by atoms with E-state index >= 15 is 0 Å². The number of carbonyl (C=O) groups excluding carboxylic acids is 1. The smallest absolute Gasteiger partial charge is 0.857 e. The van der Waals surface area contributed by atoms with Gasteiger partial charge in [-0.25, -0.2) is 4.39 Å². The average molecular weight is 522 g/mol. The maximum Gasteiger partial charge on any atom is 2.00 e. The van der Waals surface area contributed by atoms with E-state index in [9.17, 15) is 19.4 Å². The van der Waals surface area contributed by atoms with Crippen molar-refractivity contribution >= 4 is 28.8 Å². The maximum atomic E-state index is 13.3. The SMILES string of the molecule is O=C([O-])/C(=C\N=C(c1ccccc1)c1ccccc1N=C([O-])c1ccccn1)c1ccc(F)cc1.[Ni+2]. The molecule has 0 unspecified atom stereocenters. The molecule has 0 amide bonds. The van der Waals surface area contributed by atoms with Crippen LogP contribution in [0.25, 0.3) is 5.57 Å². The summed E-state index contributed by atoms with van der Waals surface area (Å²) >= 11 is 0. The first-order valence-corrected chi connectivity index (χ1v) is 10.6. The number of benzene rings is 3. The topological polar surface area (TPSA) is 101 Å². The summed E-state index contributed by atoms with van der Waals surface area (Å²) in [5.41, 5.74) is 2.12. The second-order valence-corrected chi connectivity index (χ2v) is 7.33. The normalized spacial score (nSPS) is 12.1. The first kappa shape index (κ1) is 26.2. The van der Waals surface area contributed by atoms with Gasteiger partial charge >= 0.3 is 16.5 Å². The van der Waals surface area contributed by atoms with Gasteiger partial charge in [-0.1, -0.05) is 66.7 Å². The number of halogens is 1. The van der Waals surface area contributed by atoms with Gasteiger partial charge in [0.1, 0.15) is 5.82 Å². The zero-order valence-electron chi connectivity index (χ0n) is 18.7. The van der Waals surface area contributed by atoms with Crippen LogP contribution in [0.1, 0.15) is 22.4 Å². The molecular weight excluding hydrogens is 504 g/mol. The summed E-state index contributed by atoms with van der Waals surface area (Å²) in [6, 6.07) is 25.9. The Hall–Kier alpha value is -4.42. The number of carbonyl (C=O) groups is 1. The number of aromatic nitrogens is 1. The molecule has 0 bridgehead atoms. The number of aliphatic carboxylic acids is 1. The molecule has 3 aromatic carbocycles. The minimum Gasteiger partial charge on any atom is -0.857 e. The van der Waals surface area contributed by atoms with Crippen molar-refractivity contribution in [1.29, 1.82) is 0 Å². The van der Waals surface area contributed by atoms with E-state index in [1.165, 1.54) is 18.3 Å². The number of aliphatic imine (C=N–C) groups is 2. The Morgan fingerprint density at radius 2 is 1.47 bits per heavy atom. The molecule has 1 heterocycles. The van der Waals surface area contributed by atoms with Crippen molar-refractivity contribution in [2.45, 2.75) is 0 Å². The minimum absolute atomic E-state index is 0. The van der Waals surface area contributed by atoms with Crippen molar-refractivity contribution < 1.29 is 35.9 Å². The molecule has 4 aromatic rings. The van der Waals surface area contributed by atoms with Gasteiger partial charge in [0, 0.05) is 35.0 Å². The Labute approximate surface area is 217 Å². The third-order valence-corrected chi connectivity index (χ3v) is 5.01. The van der Waals surface area contributed by atoms with Crippen molar-refractivity contribution in [2.24, 2.45) is 9.98 Å². The molecular formula is C28H18FN3NiO3. The van der Waals surface area contributed by atoms with Crippen LogP contribution < -0.4 is 10.2 Å². The molecule has 0 spiro atoms. The largest absolute Gasteiger partial charge is 2.00 e. The van der Waals surface area contributed by atoms with Crippen LogP contribution >= 0.6 is 0 Å². The average Bonchev–Trinajstić information content (AvgIpc) is 2.89. The third-order valence-electron chi connectivity index (χ3n) is 5.01. The van der Waals surface area contributed by atoms with Gasteiger partial charge in [0.15, 0.2) is 0 Å². The summed E-state index contributed by atoms with van der Waals surface area (Å²) in [4.78, 5) is 24.6. The molecule has 0 aliphatic heterocycles. The monoisotopic (exact) mass is 521 g/mol. The first-order valence-electron chi connectivity index (χ1n) is 10.6. The van der Waals surface area contributed by atoms with Gasteiger partial charge in [-0.3, -0.25) is 15.0 Å². The van der Waals surface area contributed by atoms with Gasteiger partial charge in [0.2, 0.25) is 0 Å². The van der Waals surface area contributed by atoms with E-state index in [2.05, 4.69) is 15.0 Å². The summed E-state index contributed by atoms with van der Waals surface area (Å²) in [7, 11) is 0. The fourth-order valence-corrected chi connectivity index (χ4v) is 3.33. The molecule has 0 atom stereocenters. The minimum atomic E-state index is -1.46. The molecule has 0 radical (unpaired) electrons. The van der Waals surface area contributed by atoms with Crippen molar-refractivity contribution in [3.05, 3.63) is 138 Å². The fraction of sp³-hybridized carbons (Fsp3) is 0. The molecule has 0 saturated carbocycles. The number of rotatable bonds is 7. The fourth-order valence-electron chi connectivity index (χ4n) is 3.33. The number of carboxylic acid groups (broad SMARTS) is 1.